The van der Waals surface area contributed by atoms with E-state index in [1.807, 2.05) is 63.5 Å². The minimum atomic E-state index is -0.395. The maximum atomic E-state index is 13.5. The fraction of sp³-hybridized carbons (Fsp3) is 0.333. The summed E-state index contributed by atoms with van der Waals surface area (Å²) < 4.78 is 20.0. The van der Waals surface area contributed by atoms with Crippen LogP contribution < -0.4 is 14.8 Å². The molecule has 4 aromatic rings. The fourth-order valence-corrected chi connectivity index (χ4v) is 4.84. The number of hydrogen-bond donors (Lipinski definition) is 1. The lowest BCUT2D eigenvalue weighted by Crippen LogP contribution is -2.40. The molecule has 0 atom stereocenters. The molecule has 1 aliphatic heterocycles. The Morgan fingerprint density at radius 3 is 2.69 bits per heavy atom. The van der Waals surface area contributed by atoms with Gasteiger partial charge in [0.05, 0.1) is 24.6 Å². The lowest BCUT2D eigenvalue weighted by Gasteiger charge is -2.35. The van der Waals surface area contributed by atoms with Crippen molar-refractivity contribution in [3.8, 4) is 23.0 Å². The third-order valence-corrected chi connectivity index (χ3v) is 6.91. The first-order valence-electron chi connectivity index (χ1n) is 13.1. The second kappa shape index (κ2) is 10.1. The summed E-state index contributed by atoms with van der Waals surface area (Å²) in [5, 5.41) is 7.13. The summed E-state index contributed by atoms with van der Waals surface area (Å²) in [5.74, 6) is 0.873. The average Bonchev–Trinajstić information content (AvgIpc) is 3.46. The number of pyridine rings is 2. The van der Waals surface area contributed by atoms with Crippen molar-refractivity contribution in [3.05, 3.63) is 83.7 Å². The zero-order valence-electron chi connectivity index (χ0n) is 22.3. The van der Waals surface area contributed by atoms with Gasteiger partial charge in [-0.05, 0) is 37.6 Å². The lowest BCUT2D eigenvalue weighted by molar-refractivity contribution is -0.0697. The Kier molecular flexibility index (Phi) is 6.52. The standard InChI is InChI=1S/C30H31N5O4/c1-30(2)15-20-12-24(27(36)33-26-11-7-10-25(32-26)21-16-31-35(3)17-21)29(34-28(20)39-30)38-23-13-22(14-23)37-18-19-8-5-4-6-9-19/h4-12,16-17,22-23H,13-15,18H2,1-3H3,(H,32,33,36). The molecule has 1 aromatic carbocycles. The van der Waals surface area contributed by atoms with Crippen LogP contribution >= 0.6 is 0 Å². The summed E-state index contributed by atoms with van der Waals surface area (Å²) in [6, 6.07) is 17.4. The number of nitrogens with one attached hydrogen (secondary N) is 1. The summed E-state index contributed by atoms with van der Waals surface area (Å²) in [6.45, 7) is 4.57. The molecule has 1 fully saturated rings. The van der Waals surface area contributed by atoms with Gasteiger partial charge in [0.2, 0.25) is 11.8 Å². The number of hydrogen-bond acceptors (Lipinski definition) is 7. The molecular weight excluding hydrogens is 494 g/mol. The summed E-state index contributed by atoms with van der Waals surface area (Å²) in [7, 11) is 1.85. The third-order valence-electron chi connectivity index (χ3n) is 6.91. The van der Waals surface area contributed by atoms with Crippen LogP contribution in [0.15, 0.2) is 67.0 Å². The quantitative estimate of drug-likeness (QED) is 0.347. The van der Waals surface area contributed by atoms with Crippen LogP contribution in [0.1, 0.15) is 48.2 Å². The van der Waals surface area contributed by atoms with Gasteiger partial charge < -0.3 is 19.5 Å². The van der Waals surface area contributed by atoms with E-state index < -0.39 is 5.60 Å². The zero-order valence-corrected chi connectivity index (χ0v) is 22.3. The minimum Gasteiger partial charge on any atom is -0.473 e. The largest absolute Gasteiger partial charge is 0.473 e. The Labute approximate surface area is 227 Å². The van der Waals surface area contributed by atoms with Crippen molar-refractivity contribution >= 4 is 11.7 Å². The predicted octanol–water partition coefficient (Wildman–Crippen LogP) is 4.97. The number of aryl methyl sites for hydroxylation is 1. The molecular formula is C30H31N5O4. The molecule has 39 heavy (non-hydrogen) atoms. The summed E-state index contributed by atoms with van der Waals surface area (Å²) >= 11 is 0. The Balaban J connectivity index is 1.17. The van der Waals surface area contributed by atoms with Gasteiger partial charge in [-0.2, -0.15) is 10.1 Å². The van der Waals surface area contributed by atoms with E-state index in [9.17, 15) is 4.79 Å². The van der Waals surface area contributed by atoms with Crippen LogP contribution in [0.25, 0.3) is 11.3 Å². The van der Waals surface area contributed by atoms with Crippen molar-refractivity contribution in [3.63, 3.8) is 0 Å². The van der Waals surface area contributed by atoms with Crippen molar-refractivity contribution in [2.45, 2.75) is 57.5 Å². The van der Waals surface area contributed by atoms with Gasteiger partial charge in [0.1, 0.15) is 23.1 Å². The second-order valence-corrected chi connectivity index (χ2v) is 10.7. The highest BCUT2D eigenvalue weighted by atomic mass is 16.5. The molecule has 2 aliphatic rings. The normalized spacial score (nSPS) is 19.1. The van der Waals surface area contributed by atoms with Gasteiger partial charge in [0.25, 0.3) is 5.91 Å². The highest BCUT2D eigenvalue weighted by Gasteiger charge is 2.36. The number of carbonyl (C=O) groups excluding carboxylic acids is 1. The molecule has 0 radical (unpaired) electrons. The van der Waals surface area contributed by atoms with Crippen LogP contribution in [0.4, 0.5) is 5.82 Å². The van der Waals surface area contributed by atoms with E-state index in [-0.39, 0.29) is 24.0 Å². The van der Waals surface area contributed by atoms with Crippen molar-refractivity contribution in [2.24, 2.45) is 7.05 Å². The van der Waals surface area contributed by atoms with Crippen LogP contribution in [0, 0.1) is 0 Å². The van der Waals surface area contributed by atoms with E-state index in [2.05, 4.69) is 32.5 Å². The average molecular weight is 526 g/mol. The topological polar surface area (TPSA) is 100 Å². The second-order valence-electron chi connectivity index (χ2n) is 10.7. The molecule has 1 amide bonds. The summed E-state index contributed by atoms with van der Waals surface area (Å²) in [4.78, 5) is 22.8. The Morgan fingerprint density at radius 2 is 1.92 bits per heavy atom. The smallest absolute Gasteiger partial charge is 0.262 e. The van der Waals surface area contributed by atoms with Crippen molar-refractivity contribution in [2.75, 3.05) is 5.32 Å². The van der Waals surface area contributed by atoms with Crippen LogP contribution in [-0.4, -0.2) is 43.5 Å². The number of ether oxygens (including phenoxy) is 3. The first-order chi connectivity index (χ1) is 18.8. The number of benzene rings is 1. The van der Waals surface area contributed by atoms with Gasteiger partial charge in [-0.1, -0.05) is 36.4 Å². The van der Waals surface area contributed by atoms with E-state index in [1.54, 1.807) is 16.9 Å². The number of aromatic nitrogens is 4. The minimum absolute atomic E-state index is 0.0932. The van der Waals surface area contributed by atoms with Gasteiger partial charge >= 0.3 is 0 Å². The highest BCUT2D eigenvalue weighted by Crippen LogP contribution is 2.38. The number of carbonyl (C=O) groups is 1. The highest BCUT2D eigenvalue weighted by molar-refractivity contribution is 6.05. The van der Waals surface area contributed by atoms with E-state index in [0.29, 0.717) is 30.3 Å². The van der Waals surface area contributed by atoms with Crippen molar-refractivity contribution in [1.82, 2.24) is 19.7 Å². The monoisotopic (exact) mass is 525 g/mol. The molecule has 1 saturated carbocycles. The number of nitrogens with zero attached hydrogens (tertiary/aromatic N) is 4. The fourth-order valence-electron chi connectivity index (χ4n) is 4.84. The molecule has 0 bridgehead atoms. The van der Waals surface area contributed by atoms with E-state index >= 15 is 0 Å². The first-order valence-corrected chi connectivity index (χ1v) is 13.1. The Bertz CT molecular complexity index is 1490. The molecule has 4 heterocycles. The van der Waals surface area contributed by atoms with E-state index in [0.717, 1.165) is 35.2 Å². The summed E-state index contributed by atoms with van der Waals surface area (Å²) in [6.07, 6.45) is 5.74. The maximum Gasteiger partial charge on any atom is 0.262 e. The van der Waals surface area contributed by atoms with Crippen LogP contribution in [0.2, 0.25) is 0 Å². The van der Waals surface area contributed by atoms with Crippen LogP contribution in [-0.2, 0) is 24.8 Å². The zero-order chi connectivity index (χ0) is 27.0. The van der Waals surface area contributed by atoms with E-state index in [1.165, 1.54) is 0 Å². The Morgan fingerprint density at radius 1 is 1.10 bits per heavy atom. The molecule has 200 valence electrons. The lowest BCUT2D eigenvalue weighted by atomic mass is 9.92. The van der Waals surface area contributed by atoms with Crippen molar-refractivity contribution < 1.29 is 19.0 Å². The van der Waals surface area contributed by atoms with Gasteiger partial charge in [0, 0.05) is 43.6 Å². The third kappa shape index (κ3) is 5.63. The number of rotatable bonds is 8. The van der Waals surface area contributed by atoms with Gasteiger partial charge in [0.15, 0.2) is 0 Å². The van der Waals surface area contributed by atoms with Gasteiger partial charge in [-0.15, -0.1) is 0 Å². The van der Waals surface area contributed by atoms with E-state index in [4.69, 9.17) is 14.2 Å². The molecule has 9 nitrogen and oxygen atoms in total. The number of fused-ring (bicyclic) bond motifs is 1. The van der Waals surface area contributed by atoms with Gasteiger partial charge in [-0.25, -0.2) is 4.98 Å². The Hall–Kier alpha value is -4.24. The molecule has 1 N–H and O–H groups in total. The molecule has 6 rings (SSSR count). The van der Waals surface area contributed by atoms with Crippen LogP contribution in [0.3, 0.4) is 0 Å². The molecule has 0 saturated heterocycles. The molecule has 0 unspecified atom stereocenters. The molecule has 0 spiro atoms. The summed E-state index contributed by atoms with van der Waals surface area (Å²) in [5.41, 5.74) is 3.57. The maximum absolute atomic E-state index is 13.5. The van der Waals surface area contributed by atoms with Crippen molar-refractivity contribution in [1.29, 1.82) is 0 Å². The number of anilines is 1. The number of amides is 1. The molecule has 3 aromatic heterocycles. The van der Waals surface area contributed by atoms with Crippen LogP contribution in [0.5, 0.6) is 11.8 Å². The first kappa shape index (κ1) is 25.1. The SMILES string of the molecule is Cn1cc(-c2cccc(NC(=O)c3cc4c(nc3OC3CC(OCc5ccccc5)C3)OC(C)(C)C4)n2)cn1. The van der Waals surface area contributed by atoms with Gasteiger partial charge in [-0.3, -0.25) is 9.48 Å². The molecule has 1 aliphatic carbocycles. The predicted molar refractivity (Wildman–Crippen MR) is 146 cm³/mol. The molecule has 9 heteroatoms.